The lowest BCUT2D eigenvalue weighted by molar-refractivity contribution is -0.127. The van der Waals surface area contributed by atoms with Crippen LogP contribution in [0.4, 0.5) is 4.79 Å². The highest BCUT2D eigenvalue weighted by atomic mass is 16.5. The molecular formula is C14H25N5O3. The van der Waals surface area contributed by atoms with Gasteiger partial charge in [-0.05, 0) is 12.3 Å². The number of imide groups is 1. The molecule has 124 valence electrons. The van der Waals surface area contributed by atoms with E-state index in [4.69, 9.17) is 4.74 Å². The summed E-state index contributed by atoms with van der Waals surface area (Å²) in [5.41, 5.74) is 0. The zero-order chi connectivity index (χ0) is 16.3. The van der Waals surface area contributed by atoms with Crippen LogP contribution in [0.3, 0.4) is 0 Å². The zero-order valence-corrected chi connectivity index (χ0v) is 13.6. The summed E-state index contributed by atoms with van der Waals surface area (Å²) < 4.78 is 5.02. The molecule has 2 rings (SSSR count). The number of hydrogen-bond acceptors (Lipinski definition) is 4. The fourth-order valence-corrected chi connectivity index (χ4v) is 2.61. The molecule has 2 atom stereocenters. The maximum atomic E-state index is 12.2. The van der Waals surface area contributed by atoms with Gasteiger partial charge in [-0.3, -0.25) is 15.1 Å². The van der Waals surface area contributed by atoms with E-state index in [-0.39, 0.29) is 18.1 Å². The second-order valence-electron chi connectivity index (χ2n) is 6.01. The van der Waals surface area contributed by atoms with Crippen molar-refractivity contribution in [2.24, 2.45) is 10.9 Å². The van der Waals surface area contributed by atoms with Gasteiger partial charge in [0.15, 0.2) is 12.0 Å². The minimum absolute atomic E-state index is 0.277. The molecule has 22 heavy (non-hydrogen) atoms. The van der Waals surface area contributed by atoms with Crippen LogP contribution in [0.5, 0.6) is 0 Å². The number of nitrogens with one attached hydrogen (secondary N) is 2. The number of hydrogen-bond donors (Lipinski definition) is 2. The summed E-state index contributed by atoms with van der Waals surface area (Å²) in [5, 5.41) is 5.59. The van der Waals surface area contributed by atoms with Gasteiger partial charge in [0, 0.05) is 20.7 Å². The predicted molar refractivity (Wildman–Crippen MR) is 82.4 cm³/mol. The highest BCUT2D eigenvalue weighted by Crippen LogP contribution is 2.21. The number of aliphatic imine (C=N–C) groups is 1. The van der Waals surface area contributed by atoms with Crippen molar-refractivity contribution in [2.45, 2.75) is 32.5 Å². The van der Waals surface area contributed by atoms with E-state index in [2.05, 4.69) is 29.5 Å². The maximum Gasteiger partial charge on any atom is 0.325 e. The van der Waals surface area contributed by atoms with Crippen LogP contribution in [0.15, 0.2) is 4.99 Å². The number of likely N-dealkylation sites (N-methyl/N-ethyl adjacent to an activating group) is 1. The molecule has 2 aliphatic rings. The predicted octanol–water partition coefficient (Wildman–Crippen LogP) is -0.184. The Morgan fingerprint density at radius 2 is 2.09 bits per heavy atom. The number of fused-ring (bicyclic) bond motifs is 1. The fraction of sp³-hybridized carbons (Fsp3) is 0.786. The standard InChI is InChI=1S/C14H25N5O3/c1-9(2)5-7-19-10-11(16-13(19)15-6-8-22-4)18(3)14(21)17-12(10)20/h9-11H,5-8H2,1-4H3,(H,15,16)(H,17,20,21). The summed E-state index contributed by atoms with van der Waals surface area (Å²) in [6.45, 7) is 6.01. The summed E-state index contributed by atoms with van der Waals surface area (Å²) in [7, 11) is 3.30. The first kappa shape index (κ1) is 16.5. The van der Waals surface area contributed by atoms with Crippen molar-refractivity contribution < 1.29 is 14.3 Å². The van der Waals surface area contributed by atoms with E-state index < -0.39 is 6.04 Å². The van der Waals surface area contributed by atoms with Crippen molar-refractivity contribution in [1.82, 2.24) is 20.4 Å². The number of carbonyl (C=O) groups excluding carboxylic acids is 2. The van der Waals surface area contributed by atoms with Gasteiger partial charge in [-0.1, -0.05) is 13.8 Å². The largest absolute Gasteiger partial charge is 0.383 e. The highest BCUT2D eigenvalue weighted by molar-refractivity contribution is 6.04. The van der Waals surface area contributed by atoms with E-state index in [1.807, 2.05) is 4.90 Å². The molecule has 2 unspecified atom stereocenters. The Balaban J connectivity index is 2.20. The number of nitrogens with zero attached hydrogens (tertiary/aromatic N) is 3. The van der Waals surface area contributed by atoms with Gasteiger partial charge in [-0.2, -0.15) is 0 Å². The Kier molecular flexibility index (Phi) is 5.23. The van der Waals surface area contributed by atoms with Gasteiger partial charge in [-0.25, -0.2) is 4.79 Å². The van der Waals surface area contributed by atoms with Crippen molar-refractivity contribution in [3.63, 3.8) is 0 Å². The highest BCUT2D eigenvalue weighted by Gasteiger charge is 2.49. The first-order valence-electron chi connectivity index (χ1n) is 7.60. The number of guanidine groups is 1. The van der Waals surface area contributed by atoms with E-state index in [9.17, 15) is 9.59 Å². The molecule has 0 aliphatic carbocycles. The van der Waals surface area contributed by atoms with Gasteiger partial charge in [-0.15, -0.1) is 0 Å². The van der Waals surface area contributed by atoms with Gasteiger partial charge < -0.3 is 19.9 Å². The molecule has 0 aromatic carbocycles. The van der Waals surface area contributed by atoms with Crippen molar-refractivity contribution in [3.8, 4) is 0 Å². The number of ether oxygens (including phenoxy) is 1. The fourth-order valence-electron chi connectivity index (χ4n) is 2.61. The molecule has 8 heteroatoms. The number of urea groups is 1. The summed E-state index contributed by atoms with van der Waals surface area (Å²) in [6.07, 6.45) is 0.564. The maximum absolute atomic E-state index is 12.2. The SMILES string of the molecule is COCCN=C1NC2C(C(=O)NC(=O)N2C)N1CCC(C)C. The molecule has 2 aliphatic heterocycles. The lowest BCUT2D eigenvalue weighted by atomic mass is 10.1. The van der Waals surface area contributed by atoms with Gasteiger partial charge >= 0.3 is 6.03 Å². The molecule has 0 aromatic rings. The van der Waals surface area contributed by atoms with Crippen LogP contribution in [0.25, 0.3) is 0 Å². The molecule has 8 nitrogen and oxygen atoms in total. The van der Waals surface area contributed by atoms with Crippen molar-refractivity contribution in [1.29, 1.82) is 0 Å². The topological polar surface area (TPSA) is 86.3 Å². The van der Waals surface area contributed by atoms with Crippen LogP contribution in [0.2, 0.25) is 0 Å². The van der Waals surface area contributed by atoms with E-state index >= 15 is 0 Å². The minimum Gasteiger partial charge on any atom is -0.383 e. The first-order valence-corrected chi connectivity index (χ1v) is 7.60. The van der Waals surface area contributed by atoms with E-state index in [1.165, 1.54) is 4.90 Å². The summed E-state index contributed by atoms with van der Waals surface area (Å²) in [5.74, 6) is 0.899. The second-order valence-corrected chi connectivity index (χ2v) is 6.01. The zero-order valence-electron chi connectivity index (χ0n) is 13.6. The Labute approximate surface area is 130 Å². The van der Waals surface area contributed by atoms with Crippen molar-refractivity contribution in [2.75, 3.05) is 33.9 Å². The Hall–Kier alpha value is -1.83. The van der Waals surface area contributed by atoms with Crippen molar-refractivity contribution in [3.05, 3.63) is 0 Å². The van der Waals surface area contributed by atoms with E-state index in [0.717, 1.165) is 6.42 Å². The first-order chi connectivity index (χ1) is 10.5. The minimum atomic E-state index is -0.442. The molecule has 3 amide bonds. The van der Waals surface area contributed by atoms with Crippen LogP contribution >= 0.6 is 0 Å². The summed E-state index contributed by atoms with van der Waals surface area (Å²) >= 11 is 0. The smallest absolute Gasteiger partial charge is 0.325 e. The number of rotatable bonds is 6. The molecule has 0 aromatic heterocycles. The molecule has 2 saturated heterocycles. The summed E-state index contributed by atoms with van der Waals surface area (Å²) in [6, 6.07) is -0.830. The third kappa shape index (κ3) is 3.32. The molecule has 0 radical (unpaired) electrons. The van der Waals surface area contributed by atoms with Crippen LogP contribution in [0, 0.1) is 5.92 Å². The molecule has 2 fully saturated rings. The van der Waals surface area contributed by atoms with Crippen LogP contribution < -0.4 is 10.6 Å². The third-order valence-electron chi connectivity index (χ3n) is 3.92. The van der Waals surface area contributed by atoms with Crippen molar-refractivity contribution >= 4 is 17.9 Å². The quantitative estimate of drug-likeness (QED) is 0.664. The molecule has 0 saturated carbocycles. The number of methoxy groups -OCH3 is 1. The van der Waals surface area contributed by atoms with Gasteiger partial charge in [0.05, 0.1) is 13.2 Å². The lowest BCUT2D eigenvalue weighted by Gasteiger charge is -2.35. The number of amides is 3. The lowest BCUT2D eigenvalue weighted by Crippen LogP contribution is -2.64. The molecule has 2 N–H and O–H groups in total. The van der Waals surface area contributed by atoms with E-state index in [0.29, 0.717) is 31.6 Å². The average Bonchev–Trinajstić information content (AvgIpc) is 2.82. The normalized spacial score (nSPS) is 26.5. The van der Waals surface area contributed by atoms with Gasteiger partial charge in [0.1, 0.15) is 6.17 Å². The second kappa shape index (κ2) is 6.95. The summed E-state index contributed by atoms with van der Waals surface area (Å²) in [4.78, 5) is 31.9. The molecular weight excluding hydrogens is 286 g/mol. The number of carbonyl (C=O) groups is 2. The Morgan fingerprint density at radius 3 is 2.73 bits per heavy atom. The molecule has 2 heterocycles. The van der Waals surface area contributed by atoms with E-state index in [1.54, 1.807) is 14.2 Å². The Bertz CT molecular complexity index is 465. The van der Waals surface area contributed by atoms with Crippen LogP contribution in [-0.2, 0) is 9.53 Å². The average molecular weight is 311 g/mol. The van der Waals surface area contributed by atoms with Crippen LogP contribution in [-0.4, -0.2) is 73.8 Å². The third-order valence-corrected chi connectivity index (χ3v) is 3.92. The molecule has 0 bridgehead atoms. The van der Waals surface area contributed by atoms with Gasteiger partial charge in [0.2, 0.25) is 0 Å². The van der Waals surface area contributed by atoms with Crippen LogP contribution in [0.1, 0.15) is 20.3 Å². The monoisotopic (exact) mass is 311 g/mol. The Morgan fingerprint density at radius 1 is 1.36 bits per heavy atom. The van der Waals surface area contributed by atoms with Gasteiger partial charge in [0.25, 0.3) is 5.91 Å². The molecule has 0 spiro atoms.